The van der Waals surface area contributed by atoms with Gasteiger partial charge in [0.05, 0.1) is 17.4 Å². The molecule has 1 heterocycles. The van der Waals surface area contributed by atoms with Crippen LogP contribution in [0.2, 0.25) is 0 Å². The van der Waals surface area contributed by atoms with Gasteiger partial charge >= 0.3 is 0 Å². The second-order valence-corrected chi connectivity index (χ2v) is 4.85. The highest BCUT2D eigenvalue weighted by Gasteiger charge is 2.43. The van der Waals surface area contributed by atoms with Crippen molar-refractivity contribution >= 4 is 10.8 Å². The third-order valence-electron chi connectivity index (χ3n) is 2.40. The lowest BCUT2D eigenvalue weighted by molar-refractivity contribution is 0.326. The van der Waals surface area contributed by atoms with E-state index in [4.69, 9.17) is 4.74 Å². The molecule has 1 aliphatic heterocycles. The van der Waals surface area contributed by atoms with Crippen molar-refractivity contribution in [1.82, 2.24) is 0 Å². The van der Waals surface area contributed by atoms with E-state index < -0.39 is 10.8 Å². The Bertz CT molecular complexity index is 394. The fourth-order valence-corrected chi connectivity index (χ4v) is 2.33. The van der Waals surface area contributed by atoms with Crippen molar-refractivity contribution in [1.29, 1.82) is 0 Å². The maximum Gasteiger partial charge on any atom is 0.115 e. The van der Waals surface area contributed by atoms with Crippen LogP contribution in [-0.2, 0) is 21.1 Å². The number of hydrogen-bond donors (Lipinski definition) is 0. The Balaban J connectivity index is 2.49. The van der Waals surface area contributed by atoms with Gasteiger partial charge in [0.1, 0.15) is 5.60 Å². The largest absolute Gasteiger partial charge is 0.365 e. The maximum absolute atomic E-state index is 11.6. The summed E-state index contributed by atoms with van der Waals surface area (Å²) < 4.78 is 17.0. The van der Waals surface area contributed by atoms with Crippen LogP contribution in [0.1, 0.15) is 12.5 Å². The van der Waals surface area contributed by atoms with Gasteiger partial charge in [0.25, 0.3) is 0 Å². The molecular weight excluding hydrogens is 196 g/mol. The molecule has 1 fully saturated rings. The lowest BCUT2D eigenvalue weighted by atomic mass is 10.0. The van der Waals surface area contributed by atoms with E-state index in [0.717, 1.165) is 10.5 Å². The number of ether oxygens (including phenoxy) is 1. The first-order valence-corrected chi connectivity index (χ1v) is 5.65. The van der Waals surface area contributed by atoms with Gasteiger partial charge in [-0.15, -0.1) is 0 Å². The second-order valence-electron chi connectivity index (χ2n) is 3.48. The molecule has 0 saturated carbocycles. The monoisotopic (exact) mass is 208 g/mol. The van der Waals surface area contributed by atoms with Crippen LogP contribution in [0.15, 0.2) is 41.1 Å². The predicted octanol–water partition coefficient (Wildman–Crippen LogP) is 2.18. The number of hydrogen-bond acceptors (Lipinski definition) is 2. The molecule has 0 radical (unpaired) electrons. The standard InChI is InChI=1S/C11H12O2S/c1-3-14(12)10-7-5-4-6-9(10)11(2)8-13-11/h3-7H,1,8H2,2H3/t11-,14+/m0/s1. The zero-order valence-corrected chi connectivity index (χ0v) is 8.84. The molecule has 1 aromatic rings. The van der Waals surface area contributed by atoms with Crippen LogP contribution in [0.5, 0.6) is 0 Å². The second kappa shape index (κ2) is 3.33. The number of rotatable bonds is 3. The molecule has 0 spiro atoms. The molecule has 0 unspecified atom stereocenters. The molecule has 74 valence electrons. The first kappa shape index (κ1) is 9.62. The average Bonchev–Trinajstić information content (AvgIpc) is 2.97. The highest BCUT2D eigenvalue weighted by atomic mass is 32.2. The minimum atomic E-state index is -1.12. The molecule has 1 aromatic carbocycles. The molecule has 0 N–H and O–H groups in total. The Hall–Kier alpha value is -0.930. The van der Waals surface area contributed by atoms with E-state index in [2.05, 4.69) is 6.58 Å². The minimum Gasteiger partial charge on any atom is -0.365 e. The molecule has 1 saturated heterocycles. The van der Waals surface area contributed by atoms with E-state index in [1.54, 1.807) is 0 Å². The first-order valence-electron chi connectivity index (χ1n) is 4.44. The summed E-state index contributed by atoms with van der Waals surface area (Å²) in [6, 6.07) is 7.64. The van der Waals surface area contributed by atoms with E-state index in [-0.39, 0.29) is 5.60 Å². The Morgan fingerprint density at radius 1 is 1.57 bits per heavy atom. The number of benzene rings is 1. The molecule has 14 heavy (non-hydrogen) atoms. The van der Waals surface area contributed by atoms with Crippen molar-refractivity contribution in [2.24, 2.45) is 0 Å². The van der Waals surface area contributed by atoms with Gasteiger partial charge in [0.2, 0.25) is 0 Å². The summed E-state index contributed by atoms with van der Waals surface area (Å²) in [6.45, 7) is 6.25. The van der Waals surface area contributed by atoms with Crippen LogP contribution in [0, 0.1) is 0 Å². The normalized spacial score (nSPS) is 26.9. The smallest absolute Gasteiger partial charge is 0.115 e. The van der Waals surface area contributed by atoms with Crippen LogP contribution < -0.4 is 0 Å². The maximum atomic E-state index is 11.6. The zero-order valence-electron chi connectivity index (χ0n) is 8.03. The van der Waals surface area contributed by atoms with Crippen molar-refractivity contribution in [3.8, 4) is 0 Å². The highest BCUT2D eigenvalue weighted by Crippen LogP contribution is 2.40. The molecule has 2 rings (SSSR count). The fourth-order valence-electron chi connectivity index (χ4n) is 1.43. The van der Waals surface area contributed by atoms with E-state index in [9.17, 15) is 4.21 Å². The number of epoxide rings is 1. The van der Waals surface area contributed by atoms with Gasteiger partial charge in [0.15, 0.2) is 0 Å². The highest BCUT2D eigenvalue weighted by molar-refractivity contribution is 7.88. The van der Waals surface area contributed by atoms with Gasteiger partial charge in [-0.2, -0.15) is 0 Å². The average molecular weight is 208 g/mol. The summed E-state index contributed by atoms with van der Waals surface area (Å²) in [5.41, 5.74) is 0.785. The molecular formula is C11H12O2S. The SMILES string of the molecule is C=C[S@@](=O)c1ccccc1[C@]1(C)CO1. The lowest BCUT2D eigenvalue weighted by Crippen LogP contribution is -2.06. The van der Waals surface area contributed by atoms with Crippen LogP contribution in [0.3, 0.4) is 0 Å². The van der Waals surface area contributed by atoms with E-state index in [0.29, 0.717) is 6.61 Å². The molecule has 0 aliphatic carbocycles. The summed E-state index contributed by atoms with van der Waals surface area (Å²) in [5.74, 6) is 0. The summed E-state index contributed by atoms with van der Waals surface area (Å²) in [5, 5.41) is 1.45. The molecule has 0 amide bonds. The molecule has 0 bridgehead atoms. The van der Waals surface area contributed by atoms with Crippen molar-refractivity contribution < 1.29 is 8.95 Å². The predicted molar refractivity (Wildman–Crippen MR) is 56.4 cm³/mol. The Morgan fingerprint density at radius 3 is 2.79 bits per heavy atom. The summed E-state index contributed by atoms with van der Waals surface area (Å²) in [7, 11) is -1.12. The molecule has 0 aromatic heterocycles. The Labute approximate surface area is 86.0 Å². The van der Waals surface area contributed by atoms with Gasteiger partial charge in [0, 0.05) is 15.9 Å². The lowest BCUT2D eigenvalue weighted by Gasteiger charge is -2.09. The molecule has 3 heteroatoms. The van der Waals surface area contributed by atoms with Gasteiger partial charge in [-0.05, 0) is 13.0 Å². The van der Waals surface area contributed by atoms with Crippen LogP contribution in [0.25, 0.3) is 0 Å². The van der Waals surface area contributed by atoms with Gasteiger partial charge < -0.3 is 4.74 Å². The third kappa shape index (κ3) is 1.53. The van der Waals surface area contributed by atoms with Crippen LogP contribution in [-0.4, -0.2) is 10.8 Å². The van der Waals surface area contributed by atoms with E-state index in [1.807, 2.05) is 31.2 Å². The van der Waals surface area contributed by atoms with Crippen molar-refractivity contribution in [2.45, 2.75) is 17.4 Å². The van der Waals surface area contributed by atoms with E-state index in [1.165, 1.54) is 5.41 Å². The minimum absolute atomic E-state index is 0.227. The van der Waals surface area contributed by atoms with Crippen LogP contribution >= 0.6 is 0 Å². The summed E-state index contributed by atoms with van der Waals surface area (Å²) in [4.78, 5) is 0.808. The Kier molecular flexibility index (Phi) is 2.29. The van der Waals surface area contributed by atoms with Gasteiger partial charge in [-0.25, -0.2) is 4.21 Å². The molecule has 2 atom stereocenters. The van der Waals surface area contributed by atoms with Crippen molar-refractivity contribution in [3.63, 3.8) is 0 Å². The summed E-state index contributed by atoms with van der Waals surface area (Å²) in [6.07, 6.45) is 0. The summed E-state index contributed by atoms with van der Waals surface area (Å²) >= 11 is 0. The molecule has 1 aliphatic rings. The topological polar surface area (TPSA) is 29.6 Å². The fraction of sp³-hybridized carbons (Fsp3) is 0.273. The van der Waals surface area contributed by atoms with Gasteiger partial charge in [-0.1, -0.05) is 24.8 Å². The van der Waals surface area contributed by atoms with E-state index >= 15 is 0 Å². The molecule has 2 nitrogen and oxygen atoms in total. The zero-order chi connectivity index (χ0) is 10.2. The Morgan fingerprint density at radius 2 is 2.21 bits per heavy atom. The van der Waals surface area contributed by atoms with Crippen molar-refractivity contribution in [2.75, 3.05) is 6.61 Å². The van der Waals surface area contributed by atoms with Crippen LogP contribution in [0.4, 0.5) is 0 Å². The van der Waals surface area contributed by atoms with Crippen molar-refractivity contribution in [3.05, 3.63) is 41.8 Å². The first-order chi connectivity index (χ1) is 6.67. The third-order valence-corrected chi connectivity index (χ3v) is 3.49. The quantitative estimate of drug-likeness (QED) is 0.712. The van der Waals surface area contributed by atoms with Gasteiger partial charge in [-0.3, -0.25) is 0 Å².